The molecule has 0 radical (unpaired) electrons. The molecule has 49 heavy (non-hydrogen) atoms. The molecule has 4 aromatic rings. The number of unbranched alkanes of at least 4 members (excludes halogenated alkanes) is 5. The Morgan fingerprint density at radius 1 is 0.735 bits per heavy atom. The lowest BCUT2D eigenvalue weighted by Crippen LogP contribution is -2.42. The summed E-state index contributed by atoms with van der Waals surface area (Å²) >= 11 is 0. The third kappa shape index (κ3) is 11.7. The summed E-state index contributed by atoms with van der Waals surface area (Å²) in [7, 11) is 0. The molecule has 258 valence electrons. The summed E-state index contributed by atoms with van der Waals surface area (Å²) in [4.78, 5) is 47.0. The predicted octanol–water partition coefficient (Wildman–Crippen LogP) is 8.52. The van der Waals surface area contributed by atoms with Crippen molar-refractivity contribution in [2.45, 2.75) is 91.0 Å². The predicted molar refractivity (Wildman–Crippen MR) is 194 cm³/mol. The Morgan fingerprint density at radius 2 is 1.35 bits per heavy atom. The van der Waals surface area contributed by atoms with Gasteiger partial charge in [0.05, 0.1) is 6.61 Å². The minimum absolute atomic E-state index is 0.0368. The molecule has 1 aromatic heterocycles. The molecule has 3 aromatic carbocycles. The van der Waals surface area contributed by atoms with Crippen LogP contribution in [-0.4, -0.2) is 45.4 Å². The number of aromatic nitrogens is 2. The van der Waals surface area contributed by atoms with Crippen molar-refractivity contribution < 1.29 is 24.2 Å². The van der Waals surface area contributed by atoms with E-state index < -0.39 is 23.8 Å². The van der Waals surface area contributed by atoms with Crippen molar-refractivity contribution in [3.05, 3.63) is 102 Å². The van der Waals surface area contributed by atoms with E-state index in [0.29, 0.717) is 11.4 Å². The maximum absolute atomic E-state index is 13.2. The molecule has 1 heterocycles. The van der Waals surface area contributed by atoms with Gasteiger partial charge < -0.3 is 15.2 Å². The van der Waals surface area contributed by atoms with Crippen molar-refractivity contribution in [3.8, 4) is 28.3 Å². The Bertz CT molecular complexity index is 1620. The van der Waals surface area contributed by atoms with Crippen LogP contribution in [0.5, 0.6) is 5.75 Å². The molecule has 8 heteroatoms. The maximum atomic E-state index is 13.2. The van der Waals surface area contributed by atoms with E-state index in [1.54, 1.807) is 12.4 Å². The molecule has 1 amide bonds. The van der Waals surface area contributed by atoms with Crippen molar-refractivity contribution >= 4 is 17.7 Å². The second-order valence-electron chi connectivity index (χ2n) is 12.7. The molecule has 0 bridgehead atoms. The van der Waals surface area contributed by atoms with Gasteiger partial charge in [0, 0.05) is 41.4 Å². The van der Waals surface area contributed by atoms with Gasteiger partial charge in [0.25, 0.3) is 0 Å². The van der Waals surface area contributed by atoms with Gasteiger partial charge in [-0.15, -0.1) is 0 Å². The van der Waals surface area contributed by atoms with Crippen LogP contribution in [0.2, 0.25) is 0 Å². The molecule has 4 rings (SSSR count). The lowest BCUT2D eigenvalue weighted by atomic mass is 9.90. The van der Waals surface area contributed by atoms with Crippen LogP contribution >= 0.6 is 0 Å². The number of hydrogen-bond acceptors (Lipinski definition) is 6. The number of amides is 1. The van der Waals surface area contributed by atoms with Crippen LogP contribution in [0.4, 0.5) is 0 Å². The number of carboxylic acid groups (broad SMARTS) is 1. The zero-order valence-electron chi connectivity index (χ0n) is 29.0. The lowest BCUT2D eigenvalue weighted by molar-refractivity contribution is -0.141. The molecular weight excluding hydrogens is 614 g/mol. The monoisotopic (exact) mass is 663 g/mol. The highest BCUT2D eigenvalue weighted by Gasteiger charge is 2.26. The number of carbonyl (C=O) groups is 3. The van der Waals surface area contributed by atoms with E-state index in [1.807, 2.05) is 72.8 Å². The fraction of sp³-hybridized carbons (Fsp3) is 0.390. The van der Waals surface area contributed by atoms with Gasteiger partial charge in [-0.05, 0) is 61.4 Å². The molecule has 0 spiro atoms. The molecule has 8 nitrogen and oxygen atoms in total. The molecule has 2 atom stereocenters. The maximum Gasteiger partial charge on any atom is 0.325 e. The van der Waals surface area contributed by atoms with Gasteiger partial charge in [-0.25, -0.2) is 9.97 Å². The van der Waals surface area contributed by atoms with E-state index in [0.717, 1.165) is 60.3 Å². The summed E-state index contributed by atoms with van der Waals surface area (Å²) in [6.07, 6.45) is 13.0. The number of ether oxygens (including phenoxy) is 1. The number of carbonyl (C=O) groups excluding carboxylic acids is 2. The number of hydrogen-bond donors (Lipinski definition) is 2. The van der Waals surface area contributed by atoms with Crippen LogP contribution in [0.15, 0.2) is 85.2 Å². The van der Waals surface area contributed by atoms with E-state index in [1.165, 1.54) is 38.2 Å². The van der Waals surface area contributed by atoms with E-state index in [4.69, 9.17) is 4.74 Å². The van der Waals surface area contributed by atoms with Gasteiger partial charge in [-0.2, -0.15) is 0 Å². The van der Waals surface area contributed by atoms with Gasteiger partial charge in [-0.1, -0.05) is 107 Å². The number of benzene rings is 3. The van der Waals surface area contributed by atoms with Crippen LogP contribution in [0.25, 0.3) is 22.5 Å². The SMILES string of the molecule is CCCCCCCOc1ccc(-c2cnc(-c3ccc(C[C@H](CC(=O)c4ccc(CCCC)cc4)C(=O)N[C@H](C)C(=O)O)cc3)nc2)cc1. The Hall–Kier alpha value is -4.85. The number of ketones is 1. The first-order chi connectivity index (χ1) is 23.8. The molecule has 0 fully saturated rings. The van der Waals surface area contributed by atoms with E-state index >= 15 is 0 Å². The highest BCUT2D eigenvalue weighted by molar-refractivity contribution is 5.99. The van der Waals surface area contributed by atoms with Crippen molar-refractivity contribution in [2.24, 2.45) is 5.92 Å². The van der Waals surface area contributed by atoms with Crippen molar-refractivity contribution in [2.75, 3.05) is 6.61 Å². The Labute approximate surface area is 290 Å². The standard InChI is InChI=1S/C41H49N3O5/c1-4-6-8-9-10-24-49-37-22-20-32(21-23-37)36-27-42-39(43-28-36)34-18-14-31(15-19-34)25-35(40(46)44-29(3)41(47)48)26-38(45)33-16-12-30(13-17-33)11-7-5-2/h12-23,27-29,35H,4-11,24-26H2,1-3H3,(H,44,46)(H,47,48)/t29-,35-/m1/s1. The van der Waals surface area contributed by atoms with Crippen LogP contribution in [0, 0.1) is 5.92 Å². The van der Waals surface area contributed by atoms with Gasteiger partial charge in [-0.3, -0.25) is 14.4 Å². The number of Topliss-reactive ketones (excluding diaryl/α,β-unsaturated/α-hetero) is 1. The van der Waals surface area contributed by atoms with Gasteiger partial charge >= 0.3 is 5.97 Å². The number of carboxylic acids is 1. The van der Waals surface area contributed by atoms with Crippen molar-refractivity contribution in [1.82, 2.24) is 15.3 Å². The minimum atomic E-state index is -1.13. The summed E-state index contributed by atoms with van der Waals surface area (Å²) in [6, 6.07) is 22.0. The molecule has 0 saturated heterocycles. The zero-order valence-corrected chi connectivity index (χ0v) is 29.0. The van der Waals surface area contributed by atoms with Gasteiger partial charge in [0.1, 0.15) is 11.8 Å². The van der Waals surface area contributed by atoms with E-state index in [2.05, 4.69) is 29.1 Å². The molecule has 0 aliphatic rings. The average molecular weight is 664 g/mol. The molecular formula is C41H49N3O5. The largest absolute Gasteiger partial charge is 0.494 e. The fourth-order valence-electron chi connectivity index (χ4n) is 5.57. The lowest BCUT2D eigenvalue weighted by Gasteiger charge is -2.18. The number of aryl methyl sites for hydroxylation is 1. The minimum Gasteiger partial charge on any atom is -0.494 e. The van der Waals surface area contributed by atoms with Crippen molar-refractivity contribution in [3.63, 3.8) is 0 Å². The summed E-state index contributed by atoms with van der Waals surface area (Å²) in [6.45, 7) is 6.49. The zero-order chi connectivity index (χ0) is 35.0. The number of rotatable bonds is 20. The first-order valence-corrected chi connectivity index (χ1v) is 17.6. The summed E-state index contributed by atoms with van der Waals surface area (Å²) in [5, 5.41) is 11.9. The summed E-state index contributed by atoms with van der Waals surface area (Å²) in [5.74, 6) is -1.07. The first-order valence-electron chi connectivity index (χ1n) is 17.6. The molecule has 0 unspecified atom stereocenters. The van der Waals surface area contributed by atoms with Gasteiger partial charge in [0.2, 0.25) is 5.91 Å². The Balaban J connectivity index is 1.38. The second-order valence-corrected chi connectivity index (χ2v) is 12.7. The number of nitrogens with one attached hydrogen (secondary N) is 1. The Morgan fingerprint density at radius 3 is 1.98 bits per heavy atom. The van der Waals surface area contributed by atoms with Crippen LogP contribution in [0.3, 0.4) is 0 Å². The highest BCUT2D eigenvalue weighted by Crippen LogP contribution is 2.25. The number of nitrogens with zero attached hydrogens (tertiary/aromatic N) is 2. The van der Waals surface area contributed by atoms with E-state index in [-0.39, 0.29) is 18.6 Å². The quantitative estimate of drug-likeness (QED) is 0.0719. The smallest absolute Gasteiger partial charge is 0.325 e. The normalized spacial score (nSPS) is 12.2. The Kier molecular flexibility index (Phi) is 14.5. The fourth-order valence-corrected chi connectivity index (χ4v) is 5.57. The molecule has 2 N–H and O–H groups in total. The average Bonchev–Trinajstić information content (AvgIpc) is 3.12. The molecule has 0 aliphatic carbocycles. The van der Waals surface area contributed by atoms with Crippen molar-refractivity contribution in [1.29, 1.82) is 0 Å². The van der Waals surface area contributed by atoms with Crippen LogP contribution < -0.4 is 10.1 Å². The summed E-state index contributed by atoms with van der Waals surface area (Å²) in [5.41, 5.74) is 5.27. The van der Waals surface area contributed by atoms with Gasteiger partial charge in [0.15, 0.2) is 11.6 Å². The summed E-state index contributed by atoms with van der Waals surface area (Å²) < 4.78 is 5.89. The molecule has 0 aliphatic heterocycles. The topological polar surface area (TPSA) is 118 Å². The van der Waals surface area contributed by atoms with Crippen LogP contribution in [0.1, 0.15) is 93.6 Å². The third-order valence-corrected chi connectivity index (χ3v) is 8.68. The first kappa shape index (κ1) is 37.0. The molecule has 0 saturated carbocycles. The third-order valence-electron chi connectivity index (χ3n) is 8.68. The number of aliphatic carboxylic acids is 1. The van der Waals surface area contributed by atoms with E-state index in [9.17, 15) is 19.5 Å². The highest BCUT2D eigenvalue weighted by atomic mass is 16.5. The van der Waals surface area contributed by atoms with Crippen LogP contribution in [-0.2, 0) is 22.4 Å². The second kappa shape index (κ2) is 19.2.